The molecule has 0 saturated heterocycles. The number of halogens is 1. The fourth-order valence-corrected chi connectivity index (χ4v) is 2.25. The van der Waals surface area contributed by atoms with Crippen molar-refractivity contribution in [3.63, 3.8) is 0 Å². The molecule has 15 heavy (non-hydrogen) atoms. The van der Waals surface area contributed by atoms with Crippen molar-refractivity contribution in [2.45, 2.75) is 38.3 Å². The SMILES string of the molecule is CC1c2ccc(F)cc2NC(C)(C)C1O. The minimum absolute atomic E-state index is 0.0249. The molecular formula is C12H16FNO. The quantitative estimate of drug-likeness (QED) is 0.688. The summed E-state index contributed by atoms with van der Waals surface area (Å²) in [6, 6.07) is 4.66. The molecule has 1 aromatic carbocycles. The van der Waals surface area contributed by atoms with Gasteiger partial charge in [0.1, 0.15) is 5.82 Å². The third-order valence-electron chi connectivity index (χ3n) is 3.18. The molecule has 0 amide bonds. The minimum Gasteiger partial charge on any atom is -0.390 e. The average Bonchev–Trinajstić information content (AvgIpc) is 2.13. The zero-order chi connectivity index (χ0) is 11.2. The van der Waals surface area contributed by atoms with E-state index in [2.05, 4.69) is 5.32 Å². The predicted molar refractivity (Wildman–Crippen MR) is 58.5 cm³/mol. The lowest BCUT2D eigenvalue weighted by Crippen LogP contribution is -2.49. The summed E-state index contributed by atoms with van der Waals surface area (Å²) in [4.78, 5) is 0. The van der Waals surface area contributed by atoms with Gasteiger partial charge in [0, 0.05) is 11.6 Å². The molecule has 2 atom stereocenters. The smallest absolute Gasteiger partial charge is 0.125 e. The van der Waals surface area contributed by atoms with E-state index >= 15 is 0 Å². The van der Waals surface area contributed by atoms with Crippen LogP contribution < -0.4 is 5.32 Å². The summed E-state index contributed by atoms with van der Waals surface area (Å²) >= 11 is 0. The first-order chi connectivity index (χ1) is 6.92. The average molecular weight is 209 g/mol. The Balaban J connectivity index is 2.50. The molecule has 1 aliphatic rings. The van der Waals surface area contributed by atoms with E-state index in [1.807, 2.05) is 20.8 Å². The standard InChI is InChI=1S/C12H16FNO/c1-7-9-5-4-8(13)6-10(9)14-12(2,3)11(7)15/h4-7,11,14-15H,1-3H3. The molecule has 1 aromatic rings. The minimum atomic E-state index is -0.463. The molecule has 0 aliphatic carbocycles. The predicted octanol–water partition coefficient (Wildman–Crippen LogP) is 2.49. The number of fused-ring (bicyclic) bond motifs is 1. The monoisotopic (exact) mass is 209 g/mol. The molecule has 0 spiro atoms. The van der Waals surface area contributed by atoms with Gasteiger partial charge < -0.3 is 10.4 Å². The van der Waals surface area contributed by atoms with Crippen molar-refractivity contribution in [2.24, 2.45) is 0 Å². The number of rotatable bonds is 0. The fourth-order valence-electron chi connectivity index (χ4n) is 2.25. The Bertz CT molecular complexity index is 389. The Kier molecular flexibility index (Phi) is 2.23. The first kappa shape index (κ1) is 10.4. The molecule has 2 rings (SSSR count). The zero-order valence-corrected chi connectivity index (χ0v) is 9.21. The number of anilines is 1. The van der Waals surface area contributed by atoms with Crippen LogP contribution >= 0.6 is 0 Å². The Hall–Kier alpha value is -1.09. The number of benzene rings is 1. The Morgan fingerprint density at radius 3 is 2.73 bits per heavy atom. The molecule has 1 heterocycles. The summed E-state index contributed by atoms with van der Waals surface area (Å²) in [5, 5.41) is 13.2. The van der Waals surface area contributed by atoms with Gasteiger partial charge in [-0.05, 0) is 31.5 Å². The van der Waals surface area contributed by atoms with E-state index in [0.717, 1.165) is 11.3 Å². The van der Waals surface area contributed by atoms with Crippen LogP contribution in [0.25, 0.3) is 0 Å². The van der Waals surface area contributed by atoms with Crippen LogP contribution in [0.4, 0.5) is 10.1 Å². The molecule has 2 N–H and O–H groups in total. The molecule has 2 unspecified atom stereocenters. The summed E-state index contributed by atoms with van der Waals surface area (Å²) in [7, 11) is 0. The maximum atomic E-state index is 13.1. The van der Waals surface area contributed by atoms with Crippen LogP contribution in [0, 0.1) is 5.82 Å². The molecule has 0 bridgehead atoms. The van der Waals surface area contributed by atoms with Gasteiger partial charge in [0.05, 0.1) is 11.6 Å². The van der Waals surface area contributed by atoms with Crippen LogP contribution in [0.1, 0.15) is 32.3 Å². The van der Waals surface area contributed by atoms with E-state index in [0.29, 0.717) is 0 Å². The lowest BCUT2D eigenvalue weighted by Gasteiger charge is -2.42. The molecule has 0 fully saturated rings. The zero-order valence-electron chi connectivity index (χ0n) is 9.21. The molecule has 1 aliphatic heterocycles. The first-order valence-corrected chi connectivity index (χ1v) is 5.17. The molecular weight excluding hydrogens is 193 g/mol. The van der Waals surface area contributed by atoms with Crippen molar-refractivity contribution in [3.05, 3.63) is 29.6 Å². The molecule has 0 radical (unpaired) electrons. The van der Waals surface area contributed by atoms with Crippen LogP contribution in [0.3, 0.4) is 0 Å². The molecule has 0 aromatic heterocycles. The van der Waals surface area contributed by atoms with Gasteiger partial charge in [-0.25, -0.2) is 4.39 Å². The Labute approximate surface area is 89.1 Å². The van der Waals surface area contributed by atoms with Crippen molar-refractivity contribution in [1.82, 2.24) is 0 Å². The van der Waals surface area contributed by atoms with E-state index in [9.17, 15) is 9.50 Å². The molecule has 3 heteroatoms. The van der Waals surface area contributed by atoms with E-state index in [4.69, 9.17) is 0 Å². The number of hydrogen-bond acceptors (Lipinski definition) is 2. The van der Waals surface area contributed by atoms with Gasteiger partial charge in [0.25, 0.3) is 0 Å². The van der Waals surface area contributed by atoms with Gasteiger partial charge in [-0.2, -0.15) is 0 Å². The third-order valence-corrected chi connectivity index (χ3v) is 3.18. The second-order valence-electron chi connectivity index (χ2n) is 4.81. The molecule has 82 valence electrons. The summed E-state index contributed by atoms with van der Waals surface area (Å²) in [5.41, 5.74) is 1.35. The van der Waals surface area contributed by atoms with E-state index in [1.165, 1.54) is 12.1 Å². The van der Waals surface area contributed by atoms with Crippen LogP contribution in [-0.4, -0.2) is 16.7 Å². The highest BCUT2D eigenvalue weighted by Crippen LogP contribution is 2.38. The maximum absolute atomic E-state index is 13.1. The van der Waals surface area contributed by atoms with Crippen molar-refractivity contribution in [1.29, 1.82) is 0 Å². The van der Waals surface area contributed by atoms with E-state index < -0.39 is 11.6 Å². The second kappa shape index (κ2) is 3.20. The van der Waals surface area contributed by atoms with Gasteiger partial charge in [0.15, 0.2) is 0 Å². The highest BCUT2D eigenvalue weighted by Gasteiger charge is 2.38. The summed E-state index contributed by atoms with van der Waals surface area (Å²) < 4.78 is 13.1. The normalized spacial score (nSPS) is 28.1. The Morgan fingerprint density at radius 2 is 2.07 bits per heavy atom. The van der Waals surface area contributed by atoms with Crippen LogP contribution in [0.2, 0.25) is 0 Å². The van der Waals surface area contributed by atoms with Crippen molar-refractivity contribution < 1.29 is 9.50 Å². The maximum Gasteiger partial charge on any atom is 0.125 e. The van der Waals surface area contributed by atoms with Crippen LogP contribution in [0.15, 0.2) is 18.2 Å². The summed E-state index contributed by atoms with van der Waals surface area (Å²) in [6.07, 6.45) is -0.463. The summed E-state index contributed by atoms with van der Waals surface area (Å²) in [6.45, 7) is 5.80. The molecule has 2 nitrogen and oxygen atoms in total. The third kappa shape index (κ3) is 1.61. The lowest BCUT2D eigenvalue weighted by atomic mass is 9.79. The van der Waals surface area contributed by atoms with Gasteiger partial charge in [0.2, 0.25) is 0 Å². The van der Waals surface area contributed by atoms with Crippen molar-refractivity contribution >= 4 is 5.69 Å². The highest BCUT2D eigenvalue weighted by atomic mass is 19.1. The van der Waals surface area contributed by atoms with E-state index in [-0.39, 0.29) is 11.7 Å². The highest BCUT2D eigenvalue weighted by molar-refractivity contribution is 5.58. The summed E-state index contributed by atoms with van der Waals surface area (Å²) in [5.74, 6) is -0.225. The van der Waals surface area contributed by atoms with Crippen molar-refractivity contribution in [2.75, 3.05) is 5.32 Å². The van der Waals surface area contributed by atoms with Gasteiger partial charge in [-0.15, -0.1) is 0 Å². The topological polar surface area (TPSA) is 32.3 Å². The Morgan fingerprint density at radius 1 is 1.40 bits per heavy atom. The van der Waals surface area contributed by atoms with Gasteiger partial charge in [-0.3, -0.25) is 0 Å². The number of hydrogen-bond donors (Lipinski definition) is 2. The van der Waals surface area contributed by atoms with E-state index in [1.54, 1.807) is 6.07 Å². The number of nitrogens with one attached hydrogen (secondary N) is 1. The van der Waals surface area contributed by atoms with Crippen molar-refractivity contribution in [3.8, 4) is 0 Å². The van der Waals surface area contributed by atoms with Crippen LogP contribution in [0.5, 0.6) is 0 Å². The lowest BCUT2D eigenvalue weighted by molar-refractivity contribution is 0.0868. The van der Waals surface area contributed by atoms with Crippen LogP contribution in [-0.2, 0) is 0 Å². The molecule has 0 saturated carbocycles. The number of aliphatic hydroxyl groups excluding tert-OH is 1. The van der Waals surface area contributed by atoms with Gasteiger partial charge in [-0.1, -0.05) is 13.0 Å². The number of aliphatic hydroxyl groups is 1. The second-order valence-corrected chi connectivity index (χ2v) is 4.81. The fraction of sp³-hybridized carbons (Fsp3) is 0.500. The largest absolute Gasteiger partial charge is 0.390 e. The van der Waals surface area contributed by atoms with Gasteiger partial charge >= 0.3 is 0 Å². The first-order valence-electron chi connectivity index (χ1n) is 5.17.